The lowest BCUT2D eigenvalue weighted by Crippen LogP contribution is -2.56. The number of halogens is 4. The number of carbonyl (C=O) groups excluding carboxylic acids is 1. The van der Waals surface area contributed by atoms with Crippen molar-refractivity contribution in [3.05, 3.63) is 70.0 Å². The maximum atomic E-state index is 13.0. The third-order valence-electron chi connectivity index (χ3n) is 3.30. The van der Waals surface area contributed by atoms with Crippen LogP contribution in [-0.4, -0.2) is 25.9 Å². The van der Waals surface area contributed by atoms with Gasteiger partial charge in [0.2, 0.25) is 3.79 Å². The van der Waals surface area contributed by atoms with Gasteiger partial charge in [-0.05, 0) is 42.5 Å². The zero-order valence-electron chi connectivity index (χ0n) is 13.8. The largest absolute Gasteiger partial charge is 0.339 e. The second-order valence-corrected chi connectivity index (χ2v) is 8.14. The Morgan fingerprint density at radius 2 is 1.79 bits per heavy atom. The molecule has 0 aliphatic carbocycles. The molecule has 1 atom stereocenters. The van der Waals surface area contributed by atoms with E-state index in [4.69, 9.17) is 47.0 Å². The SMILES string of the molecule is O=C(N[C@H](NC(=S)Nc1cccc([N+](=O)[O-])c1)C(Cl)(Cl)Cl)c1ccc(F)cc1. The number of hydrogen-bond acceptors (Lipinski definition) is 4. The number of alkyl halides is 3. The van der Waals surface area contributed by atoms with Crippen LogP contribution in [-0.2, 0) is 0 Å². The van der Waals surface area contributed by atoms with Crippen LogP contribution in [0.5, 0.6) is 0 Å². The summed E-state index contributed by atoms with van der Waals surface area (Å²) in [6.07, 6.45) is -1.26. The van der Waals surface area contributed by atoms with E-state index >= 15 is 0 Å². The molecule has 2 aromatic rings. The van der Waals surface area contributed by atoms with Crippen molar-refractivity contribution in [2.24, 2.45) is 0 Å². The van der Waals surface area contributed by atoms with Gasteiger partial charge in [0, 0.05) is 23.4 Å². The number of rotatable bonds is 5. The summed E-state index contributed by atoms with van der Waals surface area (Å²) in [6.45, 7) is 0. The minimum Gasteiger partial charge on any atom is -0.339 e. The summed E-state index contributed by atoms with van der Waals surface area (Å²) in [5.74, 6) is -1.14. The third-order valence-corrected chi connectivity index (χ3v) is 4.17. The van der Waals surface area contributed by atoms with E-state index in [1.807, 2.05) is 0 Å². The highest BCUT2D eigenvalue weighted by Crippen LogP contribution is 2.29. The van der Waals surface area contributed by atoms with Crippen LogP contribution in [0.1, 0.15) is 10.4 Å². The van der Waals surface area contributed by atoms with Gasteiger partial charge in [0.15, 0.2) is 5.11 Å². The molecule has 3 N–H and O–H groups in total. The van der Waals surface area contributed by atoms with E-state index in [1.54, 1.807) is 6.07 Å². The number of nitrogens with zero attached hydrogens (tertiary/aromatic N) is 1. The van der Waals surface area contributed by atoms with Gasteiger partial charge in [-0.1, -0.05) is 40.9 Å². The van der Waals surface area contributed by atoms with Crippen LogP contribution in [0.15, 0.2) is 48.5 Å². The van der Waals surface area contributed by atoms with E-state index in [0.717, 1.165) is 12.1 Å². The second-order valence-electron chi connectivity index (χ2n) is 5.36. The first kappa shape index (κ1) is 22.1. The van der Waals surface area contributed by atoms with E-state index in [1.165, 1.54) is 30.3 Å². The van der Waals surface area contributed by atoms with E-state index in [9.17, 15) is 19.3 Å². The summed E-state index contributed by atoms with van der Waals surface area (Å²) < 4.78 is 11.0. The molecule has 0 unspecified atom stereocenters. The first-order valence-electron chi connectivity index (χ1n) is 7.51. The van der Waals surface area contributed by atoms with Crippen molar-refractivity contribution in [2.45, 2.75) is 9.96 Å². The number of benzene rings is 2. The number of amides is 1. The fourth-order valence-electron chi connectivity index (χ4n) is 2.01. The zero-order valence-corrected chi connectivity index (χ0v) is 16.9. The van der Waals surface area contributed by atoms with E-state index in [0.29, 0.717) is 5.69 Å². The van der Waals surface area contributed by atoms with Crippen LogP contribution in [0.25, 0.3) is 0 Å². The van der Waals surface area contributed by atoms with Gasteiger partial charge in [-0.3, -0.25) is 14.9 Å². The van der Waals surface area contributed by atoms with Crippen molar-refractivity contribution in [1.29, 1.82) is 0 Å². The number of nitro groups is 1. The molecule has 0 heterocycles. The molecular formula is C16H12Cl3FN4O3S. The minimum atomic E-state index is -2.00. The second kappa shape index (κ2) is 9.33. The van der Waals surface area contributed by atoms with E-state index < -0.39 is 26.6 Å². The van der Waals surface area contributed by atoms with Crippen molar-refractivity contribution >= 4 is 69.4 Å². The highest BCUT2D eigenvalue weighted by atomic mass is 35.6. The van der Waals surface area contributed by atoms with E-state index in [2.05, 4.69) is 16.0 Å². The maximum absolute atomic E-state index is 13.0. The van der Waals surface area contributed by atoms with E-state index in [-0.39, 0.29) is 16.4 Å². The first-order chi connectivity index (χ1) is 13.1. The molecule has 12 heteroatoms. The molecule has 2 rings (SSSR count). The zero-order chi connectivity index (χ0) is 20.9. The van der Waals surface area contributed by atoms with Crippen LogP contribution < -0.4 is 16.0 Å². The molecule has 0 saturated carbocycles. The van der Waals surface area contributed by atoms with Crippen LogP contribution in [0.4, 0.5) is 15.8 Å². The topological polar surface area (TPSA) is 96.3 Å². The smallest absolute Gasteiger partial charge is 0.271 e. The number of thiocarbonyl (C=S) groups is 1. The molecule has 1 amide bonds. The summed E-state index contributed by atoms with van der Waals surface area (Å²) in [4.78, 5) is 22.6. The summed E-state index contributed by atoms with van der Waals surface area (Å²) >= 11 is 22.8. The molecule has 0 fully saturated rings. The Morgan fingerprint density at radius 3 is 2.36 bits per heavy atom. The number of non-ortho nitro benzene ring substituents is 1. The Balaban J connectivity index is 2.08. The third kappa shape index (κ3) is 6.45. The Labute approximate surface area is 179 Å². The maximum Gasteiger partial charge on any atom is 0.271 e. The summed E-state index contributed by atoms with van der Waals surface area (Å²) in [7, 11) is 0. The minimum absolute atomic E-state index is 0.0590. The van der Waals surface area contributed by atoms with Gasteiger partial charge in [0.1, 0.15) is 12.0 Å². The first-order valence-corrected chi connectivity index (χ1v) is 9.05. The molecule has 0 aliphatic rings. The molecule has 7 nitrogen and oxygen atoms in total. The molecule has 148 valence electrons. The number of anilines is 1. The number of carbonyl (C=O) groups is 1. The summed E-state index contributed by atoms with van der Waals surface area (Å²) in [5, 5.41) is 18.5. The van der Waals surface area contributed by atoms with Gasteiger partial charge in [0.05, 0.1) is 4.92 Å². The number of nitrogens with one attached hydrogen (secondary N) is 3. The Morgan fingerprint density at radius 1 is 1.14 bits per heavy atom. The fourth-order valence-corrected chi connectivity index (χ4v) is 2.57. The molecule has 0 saturated heterocycles. The fraction of sp³-hybridized carbons (Fsp3) is 0.125. The highest BCUT2D eigenvalue weighted by Gasteiger charge is 2.35. The molecule has 0 radical (unpaired) electrons. The lowest BCUT2D eigenvalue weighted by atomic mass is 10.2. The van der Waals surface area contributed by atoms with Crippen LogP contribution in [0, 0.1) is 15.9 Å². The summed E-state index contributed by atoms with van der Waals surface area (Å²) in [5.41, 5.74) is 0.315. The van der Waals surface area contributed by atoms with Gasteiger partial charge >= 0.3 is 0 Å². The normalized spacial score (nSPS) is 12.0. The molecule has 28 heavy (non-hydrogen) atoms. The monoisotopic (exact) mass is 464 g/mol. The molecule has 0 bridgehead atoms. The van der Waals surface area contributed by atoms with Crippen molar-refractivity contribution < 1.29 is 14.1 Å². The molecule has 0 aliphatic heterocycles. The van der Waals surface area contributed by atoms with Gasteiger partial charge in [-0.15, -0.1) is 0 Å². The average Bonchev–Trinajstić information content (AvgIpc) is 2.61. The lowest BCUT2D eigenvalue weighted by molar-refractivity contribution is -0.384. The van der Waals surface area contributed by atoms with Crippen LogP contribution in [0.3, 0.4) is 0 Å². The van der Waals surface area contributed by atoms with Crippen LogP contribution in [0.2, 0.25) is 0 Å². The molecule has 2 aromatic carbocycles. The quantitative estimate of drug-likeness (QED) is 0.202. The molecule has 0 aromatic heterocycles. The Kier molecular flexibility index (Phi) is 7.36. The lowest BCUT2D eigenvalue weighted by Gasteiger charge is -2.27. The number of nitro benzene ring substituents is 1. The van der Waals surface area contributed by atoms with Crippen molar-refractivity contribution in [2.75, 3.05) is 5.32 Å². The van der Waals surface area contributed by atoms with Gasteiger partial charge in [-0.2, -0.15) is 0 Å². The van der Waals surface area contributed by atoms with Crippen molar-refractivity contribution in [3.8, 4) is 0 Å². The van der Waals surface area contributed by atoms with Crippen molar-refractivity contribution in [1.82, 2.24) is 10.6 Å². The molecular weight excluding hydrogens is 454 g/mol. The van der Waals surface area contributed by atoms with Gasteiger partial charge in [-0.25, -0.2) is 4.39 Å². The van der Waals surface area contributed by atoms with Crippen LogP contribution >= 0.6 is 47.0 Å². The predicted molar refractivity (Wildman–Crippen MR) is 110 cm³/mol. The summed E-state index contributed by atoms with van der Waals surface area (Å²) in [6, 6.07) is 10.3. The standard InChI is InChI=1S/C16H12Cl3FN4O3S/c17-16(18,19)14(22-13(25)9-4-6-10(20)7-5-9)23-15(28)21-11-2-1-3-12(8-11)24(26)27/h1-8,14H,(H,22,25)(H2,21,23,28)/t14-/m1/s1. The Bertz CT molecular complexity index is 893. The average molecular weight is 466 g/mol. The predicted octanol–water partition coefficient (Wildman–Crippen LogP) is 4.15. The molecule has 0 spiro atoms. The Hall–Kier alpha value is -2.20. The highest BCUT2D eigenvalue weighted by molar-refractivity contribution is 7.80. The van der Waals surface area contributed by atoms with Crippen molar-refractivity contribution in [3.63, 3.8) is 0 Å². The number of hydrogen-bond donors (Lipinski definition) is 3. The van der Waals surface area contributed by atoms with Gasteiger partial charge < -0.3 is 16.0 Å². The van der Waals surface area contributed by atoms with Gasteiger partial charge in [0.25, 0.3) is 11.6 Å².